The number of carbonyl (C=O) groups is 3. The molecule has 4 amide bonds. The summed E-state index contributed by atoms with van der Waals surface area (Å²) in [6.45, 7) is 3.03. The van der Waals surface area contributed by atoms with Gasteiger partial charge >= 0.3 is 6.03 Å². The van der Waals surface area contributed by atoms with E-state index in [4.69, 9.17) is 4.74 Å². The predicted molar refractivity (Wildman–Crippen MR) is 93.7 cm³/mol. The number of aryl methyl sites for hydroxylation is 1. The molecule has 0 bridgehead atoms. The van der Waals surface area contributed by atoms with Crippen molar-refractivity contribution in [1.29, 1.82) is 0 Å². The number of imide groups is 2. The van der Waals surface area contributed by atoms with Crippen molar-refractivity contribution in [3.8, 4) is 5.75 Å². The summed E-state index contributed by atoms with van der Waals surface area (Å²) in [7, 11) is 2.71. The number of amides is 4. The standard InChI is InChI=1S/C18H23N3O4/c1-4-13-6-8-14(9-7-13)25-11-5-10-19-12-15-16(22)20(2)18(24)21(3)17(15)23/h6-9,12,15H,4-5,10-11H2,1-3H3. The van der Waals surface area contributed by atoms with E-state index in [9.17, 15) is 14.4 Å². The van der Waals surface area contributed by atoms with Crippen LogP contribution in [0.1, 0.15) is 18.9 Å². The maximum Gasteiger partial charge on any atom is 0.332 e. The van der Waals surface area contributed by atoms with Crippen LogP contribution in [0, 0.1) is 5.92 Å². The molecule has 0 aliphatic carbocycles. The van der Waals surface area contributed by atoms with Crippen molar-refractivity contribution in [3.63, 3.8) is 0 Å². The molecule has 7 heteroatoms. The van der Waals surface area contributed by atoms with E-state index in [2.05, 4.69) is 11.9 Å². The number of nitrogens with zero attached hydrogens (tertiary/aromatic N) is 3. The van der Waals surface area contributed by atoms with Crippen molar-refractivity contribution in [3.05, 3.63) is 29.8 Å². The third kappa shape index (κ3) is 4.43. The van der Waals surface area contributed by atoms with Crippen molar-refractivity contribution >= 4 is 24.1 Å². The van der Waals surface area contributed by atoms with Gasteiger partial charge in [-0.15, -0.1) is 0 Å². The number of barbiturate groups is 1. The van der Waals surface area contributed by atoms with E-state index < -0.39 is 23.8 Å². The number of benzene rings is 1. The van der Waals surface area contributed by atoms with Crippen molar-refractivity contribution in [2.75, 3.05) is 27.2 Å². The number of carbonyl (C=O) groups excluding carboxylic acids is 3. The monoisotopic (exact) mass is 345 g/mol. The van der Waals surface area contributed by atoms with Crippen molar-refractivity contribution in [2.24, 2.45) is 10.9 Å². The summed E-state index contributed by atoms with van der Waals surface area (Å²) in [4.78, 5) is 41.6. The van der Waals surface area contributed by atoms with Crippen molar-refractivity contribution in [2.45, 2.75) is 19.8 Å². The Labute approximate surface area is 147 Å². The lowest BCUT2D eigenvalue weighted by Crippen LogP contribution is -2.57. The molecule has 0 atom stereocenters. The molecule has 7 nitrogen and oxygen atoms in total. The second kappa shape index (κ2) is 8.41. The normalized spacial score (nSPS) is 16.2. The van der Waals surface area contributed by atoms with E-state index in [-0.39, 0.29) is 0 Å². The van der Waals surface area contributed by atoms with Gasteiger partial charge < -0.3 is 4.74 Å². The van der Waals surface area contributed by atoms with Gasteiger partial charge in [0, 0.05) is 33.3 Å². The molecule has 1 fully saturated rings. The minimum Gasteiger partial charge on any atom is -0.494 e. The molecule has 0 aromatic heterocycles. The summed E-state index contributed by atoms with van der Waals surface area (Å²) in [5, 5.41) is 0. The molecule has 1 saturated heterocycles. The number of rotatable bonds is 7. The lowest BCUT2D eigenvalue weighted by molar-refractivity contribution is -0.144. The van der Waals surface area contributed by atoms with Gasteiger partial charge in [0.1, 0.15) is 5.75 Å². The van der Waals surface area contributed by atoms with Crippen molar-refractivity contribution < 1.29 is 19.1 Å². The topological polar surface area (TPSA) is 79.3 Å². The first kappa shape index (κ1) is 18.6. The van der Waals surface area contributed by atoms with Gasteiger partial charge in [-0.25, -0.2) is 4.79 Å². The fourth-order valence-corrected chi connectivity index (χ4v) is 2.41. The molecule has 1 aliphatic heterocycles. The Kier molecular flexibility index (Phi) is 6.27. The summed E-state index contributed by atoms with van der Waals surface area (Å²) in [6, 6.07) is 7.31. The van der Waals surface area contributed by atoms with E-state index in [1.807, 2.05) is 24.3 Å². The summed E-state index contributed by atoms with van der Waals surface area (Å²) >= 11 is 0. The van der Waals surface area contributed by atoms with E-state index in [0.29, 0.717) is 19.6 Å². The average Bonchev–Trinajstić information content (AvgIpc) is 2.64. The molecule has 1 aromatic carbocycles. The number of urea groups is 1. The lowest BCUT2D eigenvalue weighted by Gasteiger charge is -2.31. The number of hydrogen-bond acceptors (Lipinski definition) is 5. The number of aliphatic imine (C=N–C) groups is 1. The molecular formula is C18H23N3O4. The van der Waals surface area contributed by atoms with Crippen LogP contribution in [-0.4, -0.2) is 61.1 Å². The highest BCUT2D eigenvalue weighted by Gasteiger charge is 2.41. The fourth-order valence-electron chi connectivity index (χ4n) is 2.41. The van der Waals surface area contributed by atoms with E-state index in [1.54, 1.807) is 0 Å². The van der Waals surface area contributed by atoms with Gasteiger partial charge in [-0.05, 0) is 24.1 Å². The molecule has 134 valence electrons. The molecule has 0 N–H and O–H groups in total. The van der Waals surface area contributed by atoms with Gasteiger partial charge in [0.2, 0.25) is 11.8 Å². The highest BCUT2D eigenvalue weighted by molar-refractivity contribution is 6.23. The largest absolute Gasteiger partial charge is 0.494 e. The average molecular weight is 345 g/mol. The van der Waals surface area contributed by atoms with Crippen LogP contribution in [0.3, 0.4) is 0 Å². The van der Waals surface area contributed by atoms with Crippen LogP contribution in [0.4, 0.5) is 4.79 Å². The molecule has 1 heterocycles. The molecular weight excluding hydrogens is 322 g/mol. The Hall–Kier alpha value is -2.70. The van der Waals surface area contributed by atoms with Crippen LogP contribution in [0.15, 0.2) is 29.3 Å². The fraction of sp³-hybridized carbons (Fsp3) is 0.444. The van der Waals surface area contributed by atoms with Gasteiger partial charge in [-0.3, -0.25) is 24.4 Å². The second-order valence-corrected chi connectivity index (χ2v) is 5.81. The highest BCUT2D eigenvalue weighted by Crippen LogP contribution is 2.14. The van der Waals surface area contributed by atoms with Gasteiger partial charge in [0.15, 0.2) is 5.92 Å². The minimum absolute atomic E-state index is 0.436. The minimum atomic E-state index is -1.03. The maximum atomic E-state index is 12.0. The van der Waals surface area contributed by atoms with E-state index in [1.165, 1.54) is 25.9 Å². The Morgan fingerprint density at radius 2 is 1.68 bits per heavy atom. The van der Waals surface area contributed by atoms with Crippen LogP contribution in [-0.2, 0) is 16.0 Å². The molecule has 1 aromatic rings. The van der Waals surface area contributed by atoms with Gasteiger partial charge in [0.05, 0.1) is 6.61 Å². The Balaban J connectivity index is 1.77. The second-order valence-electron chi connectivity index (χ2n) is 5.81. The third-order valence-electron chi connectivity index (χ3n) is 4.05. The zero-order chi connectivity index (χ0) is 18.4. The molecule has 0 spiro atoms. The van der Waals surface area contributed by atoms with Crippen LogP contribution in [0.2, 0.25) is 0 Å². The summed E-state index contributed by atoms with van der Waals surface area (Å²) in [5.41, 5.74) is 1.26. The van der Waals surface area contributed by atoms with E-state index >= 15 is 0 Å². The zero-order valence-electron chi connectivity index (χ0n) is 14.8. The third-order valence-corrected chi connectivity index (χ3v) is 4.05. The first-order valence-electron chi connectivity index (χ1n) is 8.26. The van der Waals surface area contributed by atoms with Gasteiger partial charge in [-0.1, -0.05) is 19.1 Å². The SMILES string of the molecule is CCc1ccc(OCCCN=CC2C(=O)N(C)C(=O)N(C)C2=O)cc1. The highest BCUT2D eigenvalue weighted by atomic mass is 16.5. The quantitative estimate of drug-likeness (QED) is 0.428. The number of hydrogen-bond donors (Lipinski definition) is 0. The Bertz CT molecular complexity index is 645. The Morgan fingerprint density at radius 1 is 1.08 bits per heavy atom. The summed E-state index contributed by atoms with van der Waals surface area (Å²) < 4.78 is 5.62. The molecule has 0 saturated carbocycles. The van der Waals surface area contributed by atoms with Crippen LogP contribution in [0.25, 0.3) is 0 Å². The van der Waals surface area contributed by atoms with Crippen LogP contribution >= 0.6 is 0 Å². The summed E-state index contributed by atoms with van der Waals surface area (Å²) in [6.07, 6.45) is 2.97. The number of ether oxygens (including phenoxy) is 1. The smallest absolute Gasteiger partial charge is 0.332 e. The van der Waals surface area contributed by atoms with Crippen molar-refractivity contribution in [1.82, 2.24) is 9.80 Å². The molecule has 2 rings (SSSR count). The lowest BCUT2D eigenvalue weighted by atomic mass is 10.1. The molecule has 1 aliphatic rings. The van der Waals surface area contributed by atoms with Crippen LogP contribution < -0.4 is 4.74 Å². The maximum absolute atomic E-state index is 12.0. The molecule has 0 radical (unpaired) electrons. The molecule has 0 unspecified atom stereocenters. The van der Waals surface area contributed by atoms with Gasteiger partial charge in [0.25, 0.3) is 0 Å². The summed E-state index contributed by atoms with van der Waals surface area (Å²) in [5.74, 6) is -1.33. The van der Waals surface area contributed by atoms with E-state index in [0.717, 1.165) is 22.0 Å². The van der Waals surface area contributed by atoms with Gasteiger partial charge in [-0.2, -0.15) is 0 Å². The Morgan fingerprint density at radius 3 is 2.24 bits per heavy atom. The first-order valence-corrected chi connectivity index (χ1v) is 8.26. The first-order chi connectivity index (χ1) is 12.0. The zero-order valence-corrected chi connectivity index (χ0v) is 14.8. The predicted octanol–water partition coefficient (Wildman–Crippen LogP) is 1.76. The molecule has 25 heavy (non-hydrogen) atoms. The van der Waals surface area contributed by atoms with Crippen LogP contribution in [0.5, 0.6) is 5.75 Å².